The van der Waals surface area contributed by atoms with E-state index in [0.717, 1.165) is 6.42 Å². The molecule has 1 rings (SSSR count). The van der Waals surface area contributed by atoms with Crippen LogP contribution in [-0.4, -0.2) is 37.9 Å². The summed E-state index contributed by atoms with van der Waals surface area (Å²) in [5, 5.41) is 0. The second-order valence-corrected chi connectivity index (χ2v) is 10.8. The number of methoxy groups -OCH3 is 1. The third-order valence-corrected chi connectivity index (χ3v) is 7.08. The van der Waals surface area contributed by atoms with Crippen LogP contribution in [0.2, 0.25) is 0 Å². The Bertz CT molecular complexity index is 627. The third-order valence-electron chi connectivity index (χ3n) is 6.17. The molecule has 35 heavy (non-hydrogen) atoms. The first-order chi connectivity index (χ1) is 17.1. The molecule has 0 saturated carbocycles. The maximum absolute atomic E-state index is 12.1. The third kappa shape index (κ3) is 19.9. The van der Waals surface area contributed by atoms with E-state index < -0.39 is 13.9 Å². The number of hydrogen-bond donors (Lipinski definition) is 1. The van der Waals surface area contributed by atoms with Crippen LogP contribution >= 0.6 is 7.82 Å². The summed E-state index contributed by atoms with van der Waals surface area (Å²) in [5.74, 6) is 0.284. The van der Waals surface area contributed by atoms with Crippen LogP contribution in [-0.2, 0) is 18.6 Å². The number of ether oxygens (including phenoxy) is 2. The Kier molecular flexibility index (Phi) is 20.5. The molecule has 6 nitrogen and oxygen atoms in total. The highest BCUT2D eigenvalue weighted by Crippen LogP contribution is 2.43. The van der Waals surface area contributed by atoms with E-state index in [1.54, 1.807) is 30.3 Å². The Morgan fingerprint density at radius 2 is 1.23 bits per heavy atom. The van der Waals surface area contributed by atoms with Crippen LogP contribution in [0.1, 0.15) is 110 Å². The number of phosphoric acid groups is 1. The van der Waals surface area contributed by atoms with Crippen molar-refractivity contribution in [1.29, 1.82) is 0 Å². The molecule has 0 aliphatic heterocycles. The van der Waals surface area contributed by atoms with Crippen molar-refractivity contribution in [3.63, 3.8) is 0 Å². The van der Waals surface area contributed by atoms with Crippen LogP contribution < -0.4 is 4.52 Å². The van der Waals surface area contributed by atoms with Gasteiger partial charge in [-0.1, -0.05) is 121 Å². The van der Waals surface area contributed by atoms with Gasteiger partial charge in [-0.15, -0.1) is 0 Å². The fraction of sp³-hybridized carbons (Fsp3) is 0.786. The predicted octanol–water partition coefficient (Wildman–Crippen LogP) is 8.48. The molecule has 0 fully saturated rings. The Hall–Kier alpha value is -0.910. The molecule has 0 bridgehead atoms. The van der Waals surface area contributed by atoms with Gasteiger partial charge in [0.2, 0.25) is 0 Å². The lowest BCUT2D eigenvalue weighted by atomic mass is 10.0. The van der Waals surface area contributed by atoms with Crippen LogP contribution in [0, 0.1) is 0 Å². The van der Waals surface area contributed by atoms with Crippen LogP contribution in [0.5, 0.6) is 5.75 Å². The number of phosphoric ester groups is 1. The first kappa shape index (κ1) is 32.1. The summed E-state index contributed by atoms with van der Waals surface area (Å²) >= 11 is 0. The van der Waals surface area contributed by atoms with Gasteiger partial charge in [0.15, 0.2) is 0 Å². The molecule has 0 heterocycles. The lowest BCUT2D eigenvalue weighted by Crippen LogP contribution is -2.24. The van der Waals surface area contributed by atoms with Gasteiger partial charge in [-0.05, 0) is 18.6 Å². The number of benzene rings is 1. The van der Waals surface area contributed by atoms with Crippen LogP contribution in [0.4, 0.5) is 0 Å². The number of unbranched alkanes of at least 4 members (excludes halogenated alkanes) is 15. The van der Waals surface area contributed by atoms with Crippen molar-refractivity contribution >= 4 is 7.82 Å². The number of para-hydroxylation sites is 1. The van der Waals surface area contributed by atoms with Crippen molar-refractivity contribution in [2.75, 3.05) is 26.9 Å². The minimum atomic E-state index is -4.20. The Morgan fingerprint density at radius 1 is 0.743 bits per heavy atom. The molecule has 7 heteroatoms. The molecule has 1 N–H and O–H groups in total. The molecule has 0 aliphatic rings. The summed E-state index contributed by atoms with van der Waals surface area (Å²) in [6, 6.07) is 8.44. The van der Waals surface area contributed by atoms with Crippen LogP contribution in [0.3, 0.4) is 0 Å². The summed E-state index contributed by atoms with van der Waals surface area (Å²) in [4.78, 5) is 9.85. The highest BCUT2D eigenvalue weighted by molar-refractivity contribution is 7.47. The van der Waals surface area contributed by atoms with E-state index in [1.165, 1.54) is 103 Å². The minimum Gasteiger partial charge on any atom is -0.404 e. The molecule has 0 aliphatic carbocycles. The van der Waals surface area contributed by atoms with Crippen molar-refractivity contribution in [1.82, 2.24) is 0 Å². The summed E-state index contributed by atoms with van der Waals surface area (Å²) < 4.78 is 33.1. The maximum Gasteiger partial charge on any atom is 0.527 e. The monoisotopic (exact) mass is 514 g/mol. The molecule has 1 aromatic rings. The normalized spacial score (nSPS) is 14.0. The molecular formula is C28H51O6P. The second-order valence-electron chi connectivity index (χ2n) is 9.40. The highest BCUT2D eigenvalue weighted by atomic mass is 31.2. The molecule has 0 radical (unpaired) electrons. The van der Waals surface area contributed by atoms with Gasteiger partial charge in [0.25, 0.3) is 0 Å². The summed E-state index contributed by atoms with van der Waals surface area (Å²) in [6.07, 6.45) is 21.1. The number of rotatable bonds is 25. The topological polar surface area (TPSA) is 74.2 Å². The average Bonchev–Trinajstić information content (AvgIpc) is 2.85. The Labute approximate surface area is 214 Å². The zero-order valence-corrected chi connectivity index (χ0v) is 23.2. The van der Waals surface area contributed by atoms with E-state index in [-0.39, 0.29) is 12.4 Å². The van der Waals surface area contributed by atoms with Crippen molar-refractivity contribution in [3.05, 3.63) is 30.3 Å². The molecule has 2 unspecified atom stereocenters. The zero-order valence-electron chi connectivity index (χ0n) is 22.3. The van der Waals surface area contributed by atoms with Crippen molar-refractivity contribution in [2.24, 2.45) is 0 Å². The predicted molar refractivity (Wildman–Crippen MR) is 144 cm³/mol. The van der Waals surface area contributed by atoms with Gasteiger partial charge in [0, 0.05) is 13.7 Å². The van der Waals surface area contributed by atoms with E-state index in [1.807, 2.05) is 0 Å². The van der Waals surface area contributed by atoms with Gasteiger partial charge < -0.3 is 14.0 Å². The van der Waals surface area contributed by atoms with E-state index in [4.69, 9.17) is 18.5 Å². The van der Waals surface area contributed by atoms with E-state index in [9.17, 15) is 9.46 Å². The Morgan fingerprint density at radius 3 is 1.71 bits per heavy atom. The maximum atomic E-state index is 12.1. The molecule has 2 atom stereocenters. The molecule has 1 aromatic carbocycles. The lowest BCUT2D eigenvalue weighted by molar-refractivity contribution is -0.0197. The van der Waals surface area contributed by atoms with Gasteiger partial charge in [0.05, 0.1) is 13.2 Å². The molecule has 0 spiro atoms. The fourth-order valence-electron chi connectivity index (χ4n) is 3.97. The largest absolute Gasteiger partial charge is 0.527 e. The first-order valence-electron chi connectivity index (χ1n) is 13.9. The molecule has 0 aromatic heterocycles. The van der Waals surface area contributed by atoms with Crippen molar-refractivity contribution in [2.45, 2.75) is 116 Å². The standard InChI is InChI=1S/C28H51O6P/c1-3-4-5-6-7-8-9-10-11-12-13-14-15-16-17-21-24-32-25-28(31-2)26-33-35(29,30)34-27-22-19-18-20-23-27/h18-20,22-23,28H,3-17,21,24-26H2,1-2H3,(H,29,30). The highest BCUT2D eigenvalue weighted by Gasteiger charge is 2.25. The molecule has 204 valence electrons. The minimum absolute atomic E-state index is 0.0733. The van der Waals surface area contributed by atoms with Gasteiger partial charge >= 0.3 is 7.82 Å². The Balaban J connectivity index is 1.89. The summed E-state index contributed by atoms with van der Waals surface area (Å²) in [5.41, 5.74) is 0. The summed E-state index contributed by atoms with van der Waals surface area (Å²) in [7, 11) is -2.66. The van der Waals surface area contributed by atoms with Crippen molar-refractivity contribution in [3.8, 4) is 5.75 Å². The van der Waals surface area contributed by atoms with E-state index in [2.05, 4.69) is 6.92 Å². The average molecular weight is 515 g/mol. The SMILES string of the molecule is CCCCCCCCCCCCCCCCCCOCC(COP(=O)(O)Oc1ccccc1)OC. The van der Waals surface area contributed by atoms with Gasteiger partial charge in [-0.25, -0.2) is 4.57 Å². The fourth-order valence-corrected chi connectivity index (χ4v) is 4.76. The second kappa shape index (κ2) is 22.3. The smallest absolute Gasteiger partial charge is 0.404 e. The molecular weight excluding hydrogens is 463 g/mol. The molecule has 0 amide bonds. The van der Waals surface area contributed by atoms with Crippen LogP contribution in [0.25, 0.3) is 0 Å². The first-order valence-corrected chi connectivity index (χ1v) is 15.4. The van der Waals surface area contributed by atoms with Gasteiger partial charge in [0.1, 0.15) is 11.9 Å². The van der Waals surface area contributed by atoms with Crippen LogP contribution in [0.15, 0.2) is 30.3 Å². The van der Waals surface area contributed by atoms with E-state index in [0.29, 0.717) is 13.2 Å². The van der Waals surface area contributed by atoms with Gasteiger partial charge in [-0.3, -0.25) is 9.42 Å². The quantitative estimate of drug-likeness (QED) is 0.104. The summed E-state index contributed by atoms with van der Waals surface area (Å²) in [6.45, 7) is 3.18. The number of hydrogen-bond acceptors (Lipinski definition) is 5. The zero-order chi connectivity index (χ0) is 25.5. The van der Waals surface area contributed by atoms with Crippen molar-refractivity contribution < 1.29 is 28.0 Å². The van der Waals surface area contributed by atoms with Gasteiger partial charge in [-0.2, -0.15) is 0 Å². The van der Waals surface area contributed by atoms with E-state index >= 15 is 0 Å². The molecule has 0 saturated heterocycles. The lowest BCUT2D eigenvalue weighted by Gasteiger charge is -2.18.